The molecule has 6 nitrogen and oxygen atoms in total. The van der Waals surface area contributed by atoms with Crippen molar-refractivity contribution < 1.29 is 23.9 Å². The predicted molar refractivity (Wildman–Crippen MR) is 103 cm³/mol. The first-order chi connectivity index (χ1) is 12.6. The number of esters is 2. The number of likely N-dealkylation sites (N-methyl/N-ethyl adjacent to an activating group) is 1. The summed E-state index contributed by atoms with van der Waals surface area (Å²) in [4.78, 5) is 40.0. The van der Waals surface area contributed by atoms with Crippen molar-refractivity contribution in [3.8, 4) is 0 Å². The minimum atomic E-state index is -1.75. The van der Waals surface area contributed by atoms with E-state index in [0.29, 0.717) is 5.32 Å². The number of hydrogen-bond acceptors (Lipinski definition) is 5. The summed E-state index contributed by atoms with van der Waals surface area (Å²) in [6.07, 6.45) is 0. The van der Waals surface area contributed by atoms with Gasteiger partial charge in [-0.25, -0.2) is 0 Å². The number of carbonyl (C=O) groups is 3. The molecule has 1 fully saturated rings. The van der Waals surface area contributed by atoms with E-state index < -0.39 is 34.9 Å². The molecule has 7 heteroatoms. The number of rotatable bonds is 5. The van der Waals surface area contributed by atoms with E-state index in [4.69, 9.17) is 9.47 Å². The SMILES string of the molecule is COC(=O)[C@@]1(C(=O)OC(C)(C)C)[C@@H](C[Se]c2ccccc2)[C@@H](C)C(=O)N1C. The number of likely N-dealkylation sites (tertiary alicyclic amines) is 1. The molecule has 0 saturated carbocycles. The molecule has 3 atom stereocenters. The van der Waals surface area contributed by atoms with Gasteiger partial charge in [0.1, 0.15) is 0 Å². The molecule has 27 heavy (non-hydrogen) atoms. The topological polar surface area (TPSA) is 72.9 Å². The van der Waals surface area contributed by atoms with Crippen molar-refractivity contribution in [2.24, 2.45) is 11.8 Å². The van der Waals surface area contributed by atoms with Gasteiger partial charge in [0.2, 0.25) is 0 Å². The molecular formula is C20H27NO5Se. The van der Waals surface area contributed by atoms with E-state index in [1.807, 2.05) is 30.3 Å². The van der Waals surface area contributed by atoms with Crippen LogP contribution in [0.2, 0.25) is 5.32 Å². The van der Waals surface area contributed by atoms with E-state index in [9.17, 15) is 14.4 Å². The van der Waals surface area contributed by atoms with Crippen LogP contribution in [0.15, 0.2) is 30.3 Å². The molecule has 1 amide bonds. The van der Waals surface area contributed by atoms with Crippen LogP contribution in [0, 0.1) is 11.8 Å². The van der Waals surface area contributed by atoms with Crippen LogP contribution in [0.25, 0.3) is 0 Å². The normalized spacial score (nSPS) is 25.4. The zero-order chi connectivity index (χ0) is 20.4. The van der Waals surface area contributed by atoms with Gasteiger partial charge in [0.25, 0.3) is 0 Å². The second kappa shape index (κ2) is 8.03. The van der Waals surface area contributed by atoms with Crippen molar-refractivity contribution in [3.05, 3.63) is 30.3 Å². The fourth-order valence-corrected chi connectivity index (χ4v) is 6.03. The summed E-state index contributed by atoms with van der Waals surface area (Å²) in [7, 11) is 2.71. The molecule has 0 spiro atoms. The van der Waals surface area contributed by atoms with Crippen LogP contribution in [0.4, 0.5) is 0 Å². The molecule has 0 radical (unpaired) electrons. The van der Waals surface area contributed by atoms with Crippen LogP contribution >= 0.6 is 0 Å². The van der Waals surface area contributed by atoms with Crippen LogP contribution in [0.1, 0.15) is 27.7 Å². The van der Waals surface area contributed by atoms with Gasteiger partial charge in [0, 0.05) is 0 Å². The number of nitrogens with zero attached hydrogens (tertiary/aromatic N) is 1. The van der Waals surface area contributed by atoms with E-state index in [0.717, 1.165) is 4.46 Å². The number of carbonyl (C=O) groups excluding carboxylic acids is 3. The second-order valence-electron chi connectivity index (χ2n) is 7.68. The fraction of sp³-hybridized carbons (Fsp3) is 0.550. The number of benzene rings is 1. The Labute approximate surface area is 166 Å². The first kappa shape index (κ1) is 21.4. The van der Waals surface area contributed by atoms with E-state index >= 15 is 0 Å². The molecule has 0 aliphatic carbocycles. The molecule has 1 aliphatic heterocycles. The summed E-state index contributed by atoms with van der Waals surface area (Å²) in [6, 6.07) is 9.87. The van der Waals surface area contributed by atoms with Crippen molar-refractivity contribution in [3.63, 3.8) is 0 Å². The van der Waals surface area contributed by atoms with Gasteiger partial charge in [-0.05, 0) is 0 Å². The standard InChI is InChI=1S/C20H27NO5Se/c1-13-15(12-27-14-10-8-7-9-11-14)20(17(23)25-6,21(5)16(13)22)18(24)26-19(2,3)4/h7-11,13,15H,12H2,1-6H3/t13-,15+,20-/m1/s1. The number of hydrogen-bond donors (Lipinski definition) is 0. The van der Waals surface area contributed by atoms with Crippen LogP contribution in [0.3, 0.4) is 0 Å². The summed E-state index contributed by atoms with van der Waals surface area (Å²) in [6.45, 7) is 6.97. The van der Waals surface area contributed by atoms with Crippen LogP contribution in [-0.2, 0) is 23.9 Å². The molecule has 1 aliphatic rings. The monoisotopic (exact) mass is 441 g/mol. The fourth-order valence-electron chi connectivity index (χ4n) is 3.40. The summed E-state index contributed by atoms with van der Waals surface area (Å²) in [5, 5.41) is 0.544. The molecular weight excluding hydrogens is 413 g/mol. The summed E-state index contributed by atoms with van der Waals surface area (Å²) < 4.78 is 11.7. The Morgan fingerprint density at radius 1 is 1.19 bits per heavy atom. The predicted octanol–water partition coefficient (Wildman–Crippen LogP) is 1.41. The number of methoxy groups -OCH3 is 1. The first-order valence-corrected chi connectivity index (χ1v) is 10.9. The third-order valence-electron chi connectivity index (χ3n) is 4.77. The summed E-state index contributed by atoms with van der Waals surface area (Å²) in [5.74, 6) is -2.72. The Balaban J connectivity index is 2.46. The average Bonchev–Trinajstić information content (AvgIpc) is 2.80. The quantitative estimate of drug-likeness (QED) is 0.393. The molecule has 1 heterocycles. The molecule has 0 aromatic heterocycles. The Bertz CT molecular complexity index is 715. The van der Waals surface area contributed by atoms with Crippen molar-refractivity contribution in [1.29, 1.82) is 0 Å². The first-order valence-electron chi connectivity index (χ1n) is 8.83. The van der Waals surface area contributed by atoms with Crippen molar-refractivity contribution >= 4 is 37.3 Å². The molecule has 148 valence electrons. The van der Waals surface area contributed by atoms with E-state index in [-0.39, 0.29) is 20.9 Å². The van der Waals surface area contributed by atoms with Crippen molar-refractivity contribution in [2.45, 2.75) is 44.2 Å². The average molecular weight is 440 g/mol. The van der Waals surface area contributed by atoms with E-state index in [2.05, 4.69) is 0 Å². The molecule has 0 unspecified atom stereocenters. The maximum absolute atomic E-state index is 13.2. The minimum absolute atomic E-state index is 0.00701. The van der Waals surface area contributed by atoms with Crippen molar-refractivity contribution in [2.75, 3.05) is 14.2 Å². The Morgan fingerprint density at radius 3 is 2.30 bits per heavy atom. The van der Waals surface area contributed by atoms with Gasteiger partial charge in [0.15, 0.2) is 0 Å². The van der Waals surface area contributed by atoms with Gasteiger partial charge in [-0.2, -0.15) is 0 Å². The van der Waals surface area contributed by atoms with Crippen molar-refractivity contribution in [1.82, 2.24) is 4.90 Å². The van der Waals surface area contributed by atoms with Gasteiger partial charge >= 0.3 is 167 Å². The summed E-state index contributed by atoms with van der Waals surface area (Å²) in [5.41, 5.74) is -2.54. The molecule has 1 saturated heterocycles. The van der Waals surface area contributed by atoms with Crippen LogP contribution < -0.4 is 4.46 Å². The van der Waals surface area contributed by atoms with Gasteiger partial charge < -0.3 is 0 Å². The molecule has 0 N–H and O–H groups in total. The zero-order valence-electron chi connectivity index (χ0n) is 16.6. The van der Waals surface area contributed by atoms with Gasteiger partial charge in [0.05, 0.1) is 0 Å². The zero-order valence-corrected chi connectivity index (χ0v) is 18.4. The maximum atomic E-state index is 13.2. The third kappa shape index (κ3) is 4.04. The molecule has 2 rings (SSSR count). The number of amides is 1. The van der Waals surface area contributed by atoms with Gasteiger partial charge in [-0.1, -0.05) is 0 Å². The molecule has 0 bridgehead atoms. The van der Waals surface area contributed by atoms with E-state index in [1.165, 1.54) is 19.1 Å². The van der Waals surface area contributed by atoms with Gasteiger partial charge in [-0.15, -0.1) is 0 Å². The summed E-state index contributed by atoms with van der Waals surface area (Å²) >= 11 is -0.00701. The second-order valence-corrected chi connectivity index (χ2v) is 9.97. The van der Waals surface area contributed by atoms with Gasteiger partial charge in [-0.3, -0.25) is 0 Å². The Hall–Kier alpha value is -1.85. The Kier molecular flexibility index (Phi) is 6.38. The van der Waals surface area contributed by atoms with E-state index in [1.54, 1.807) is 27.7 Å². The van der Waals surface area contributed by atoms with Crippen LogP contribution in [0.5, 0.6) is 0 Å². The number of ether oxygens (including phenoxy) is 2. The third-order valence-corrected chi connectivity index (χ3v) is 7.14. The Morgan fingerprint density at radius 2 is 1.78 bits per heavy atom. The molecule has 1 aromatic carbocycles. The molecule has 1 aromatic rings. The van der Waals surface area contributed by atoms with Crippen LogP contribution in [-0.4, -0.2) is 63.0 Å².